The van der Waals surface area contributed by atoms with Gasteiger partial charge < -0.3 is 14.7 Å². The summed E-state index contributed by atoms with van der Waals surface area (Å²) in [6.45, 7) is 8.34. The summed E-state index contributed by atoms with van der Waals surface area (Å²) in [5, 5.41) is 12.2. The lowest BCUT2D eigenvalue weighted by molar-refractivity contribution is 0.00544. The highest BCUT2D eigenvalue weighted by molar-refractivity contribution is 6.00. The van der Waals surface area contributed by atoms with Gasteiger partial charge in [0.2, 0.25) is 0 Å². The van der Waals surface area contributed by atoms with Gasteiger partial charge in [-0.25, -0.2) is 0 Å². The van der Waals surface area contributed by atoms with Crippen LogP contribution in [0.4, 0.5) is 0 Å². The molecule has 0 bridgehead atoms. The lowest BCUT2D eigenvalue weighted by Gasteiger charge is -2.23. The first-order valence-corrected chi connectivity index (χ1v) is 6.37. The normalized spacial score (nSPS) is 12.6. The number of ether oxygens (including phenoxy) is 2. The predicted octanol–water partition coefficient (Wildman–Crippen LogP) is 3.39. The van der Waals surface area contributed by atoms with E-state index in [1.807, 2.05) is 39.0 Å². The van der Waals surface area contributed by atoms with Crippen LogP contribution in [0.15, 0.2) is 23.4 Å². The summed E-state index contributed by atoms with van der Waals surface area (Å²) >= 11 is 0. The van der Waals surface area contributed by atoms with Crippen LogP contribution in [0, 0.1) is 6.92 Å². The molecule has 1 aromatic carbocycles. The van der Waals surface area contributed by atoms with Crippen molar-refractivity contribution in [3.05, 3.63) is 29.3 Å². The maximum atomic E-state index is 8.91. The number of hydrogen-bond donors (Lipinski definition) is 1. The van der Waals surface area contributed by atoms with E-state index in [2.05, 4.69) is 5.16 Å². The molecule has 19 heavy (non-hydrogen) atoms. The van der Waals surface area contributed by atoms with Crippen molar-refractivity contribution in [1.82, 2.24) is 0 Å². The third-order valence-corrected chi connectivity index (χ3v) is 3.19. The standard InChI is InChI=1S/C15H23NO3/c1-11-6-7-14(13(10-11)12(2)16-17)19-9-8-15(3,4)18-5/h6-7,10,17H,8-9H2,1-5H3/b16-12+. The van der Waals surface area contributed by atoms with Gasteiger partial charge in [0, 0.05) is 19.1 Å². The highest BCUT2D eigenvalue weighted by Crippen LogP contribution is 2.22. The third kappa shape index (κ3) is 4.56. The first kappa shape index (κ1) is 15.5. The minimum atomic E-state index is -0.203. The van der Waals surface area contributed by atoms with E-state index in [0.717, 1.165) is 23.3 Å². The van der Waals surface area contributed by atoms with Gasteiger partial charge in [0.25, 0.3) is 0 Å². The second-order valence-electron chi connectivity index (χ2n) is 5.25. The molecule has 0 fully saturated rings. The molecule has 0 heterocycles. The van der Waals surface area contributed by atoms with Gasteiger partial charge in [-0.1, -0.05) is 16.8 Å². The molecule has 0 unspecified atom stereocenters. The smallest absolute Gasteiger partial charge is 0.128 e. The van der Waals surface area contributed by atoms with Gasteiger partial charge in [-0.2, -0.15) is 0 Å². The molecule has 0 saturated carbocycles. The SMILES string of the molecule is COC(C)(C)CCOc1ccc(C)cc1/C(C)=N/O. The fraction of sp³-hybridized carbons (Fsp3) is 0.533. The van der Waals surface area contributed by atoms with Gasteiger partial charge in [0.15, 0.2) is 0 Å². The summed E-state index contributed by atoms with van der Waals surface area (Å²) in [4.78, 5) is 0. The molecule has 0 spiro atoms. The second kappa shape index (κ2) is 6.57. The van der Waals surface area contributed by atoms with Gasteiger partial charge >= 0.3 is 0 Å². The Morgan fingerprint density at radius 1 is 1.37 bits per heavy atom. The lowest BCUT2D eigenvalue weighted by Crippen LogP contribution is -2.25. The monoisotopic (exact) mass is 265 g/mol. The Bertz CT molecular complexity index is 453. The molecule has 0 aliphatic heterocycles. The molecule has 4 nitrogen and oxygen atoms in total. The predicted molar refractivity (Wildman–Crippen MR) is 76.4 cm³/mol. The van der Waals surface area contributed by atoms with Gasteiger partial charge in [0.1, 0.15) is 5.75 Å². The number of nitrogens with zero attached hydrogens (tertiary/aromatic N) is 1. The summed E-state index contributed by atoms with van der Waals surface area (Å²) in [6, 6.07) is 5.83. The fourth-order valence-electron chi connectivity index (χ4n) is 1.62. The zero-order chi connectivity index (χ0) is 14.5. The van der Waals surface area contributed by atoms with Crippen molar-refractivity contribution in [3.63, 3.8) is 0 Å². The van der Waals surface area contributed by atoms with E-state index >= 15 is 0 Å². The first-order chi connectivity index (χ1) is 8.89. The van der Waals surface area contributed by atoms with Crippen LogP contribution in [0.5, 0.6) is 5.75 Å². The first-order valence-electron chi connectivity index (χ1n) is 6.37. The van der Waals surface area contributed by atoms with Crippen molar-refractivity contribution in [1.29, 1.82) is 0 Å². The number of aryl methyl sites for hydroxylation is 1. The molecular weight excluding hydrogens is 242 g/mol. The number of oxime groups is 1. The van der Waals surface area contributed by atoms with E-state index in [4.69, 9.17) is 14.7 Å². The number of rotatable bonds is 6. The van der Waals surface area contributed by atoms with Crippen molar-refractivity contribution in [2.45, 2.75) is 39.7 Å². The van der Waals surface area contributed by atoms with Crippen molar-refractivity contribution in [3.8, 4) is 5.75 Å². The molecule has 1 aromatic rings. The molecule has 0 saturated heterocycles. The molecule has 0 atom stereocenters. The van der Waals surface area contributed by atoms with E-state index in [9.17, 15) is 0 Å². The fourth-order valence-corrected chi connectivity index (χ4v) is 1.62. The van der Waals surface area contributed by atoms with Crippen molar-refractivity contribution >= 4 is 5.71 Å². The van der Waals surface area contributed by atoms with E-state index in [-0.39, 0.29) is 5.60 Å². The van der Waals surface area contributed by atoms with E-state index < -0.39 is 0 Å². The molecule has 1 rings (SSSR count). The van der Waals surface area contributed by atoms with Gasteiger partial charge in [-0.3, -0.25) is 0 Å². The second-order valence-corrected chi connectivity index (χ2v) is 5.25. The zero-order valence-electron chi connectivity index (χ0n) is 12.4. The zero-order valence-corrected chi connectivity index (χ0v) is 12.4. The van der Waals surface area contributed by atoms with Crippen LogP contribution in [0.2, 0.25) is 0 Å². The molecule has 0 amide bonds. The molecular formula is C15H23NO3. The lowest BCUT2D eigenvalue weighted by atomic mass is 10.1. The molecule has 1 N–H and O–H groups in total. The van der Waals surface area contributed by atoms with Crippen LogP contribution in [-0.4, -0.2) is 30.2 Å². The number of methoxy groups -OCH3 is 1. The highest BCUT2D eigenvalue weighted by atomic mass is 16.5. The topological polar surface area (TPSA) is 51.0 Å². The summed E-state index contributed by atoms with van der Waals surface area (Å²) in [5.74, 6) is 0.729. The average Bonchev–Trinajstić information content (AvgIpc) is 2.39. The Labute approximate surface area is 115 Å². The summed E-state index contributed by atoms with van der Waals surface area (Å²) < 4.78 is 11.1. The Balaban J connectivity index is 2.79. The number of hydrogen-bond acceptors (Lipinski definition) is 4. The van der Waals surface area contributed by atoms with E-state index in [1.165, 1.54) is 0 Å². The molecule has 0 aliphatic rings. The quantitative estimate of drug-likeness (QED) is 0.487. The Morgan fingerprint density at radius 2 is 2.05 bits per heavy atom. The van der Waals surface area contributed by atoms with Crippen molar-refractivity contribution in [2.75, 3.05) is 13.7 Å². The van der Waals surface area contributed by atoms with Crippen LogP contribution in [0.1, 0.15) is 38.3 Å². The van der Waals surface area contributed by atoms with Crippen LogP contribution in [0.3, 0.4) is 0 Å². The van der Waals surface area contributed by atoms with E-state index in [0.29, 0.717) is 12.3 Å². The van der Waals surface area contributed by atoms with Crippen LogP contribution >= 0.6 is 0 Å². The van der Waals surface area contributed by atoms with Gasteiger partial charge in [-0.05, 0) is 39.8 Å². The third-order valence-electron chi connectivity index (χ3n) is 3.19. The number of benzene rings is 1. The van der Waals surface area contributed by atoms with Gasteiger partial charge in [0.05, 0.1) is 17.9 Å². The van der Waals surface area contributed by atoms with Gasteiger partial charge in [-0.15, -0.1) is 0 Å². The molecule has 0 radical (unpaired) electrons. The molecule has 4 heteroatoms. The molecule has 0 aliphatic carbocycles. The van der Waals surface area contributed by atoms with E-state index in [1.54, 1.807) is 14.0 Å². The maximum absolute atomic E-state index is 8.91. The molecule has 0 aromatic heterocycles. The Hall–Kier alpha value is -1.55. The highest BCUT2D eigenvalue weighted by Gasteiger charge is 2.16. The molecule has 106 valence electrons. The Kier molecular flexibility index (Phi) is 5.36. The maximum Gasteiger partial charge on any atom is 0.128 e. The minimum Gasteiger partial charge on any atom is -0.493 e. The van der Waals surface area contributed by atoms with Crippen LogP contribution in [-0.2, 0) is 4.74 Å². The largest absolute Gasteiger partial charge is 0.493 e. The summed E-state index contributed by atoms with van der Waals surface area (Å²) in [6.07, 6.45) is 0.784. The minimum absolute atomic E-state index is 0.203. The Morgan fingerprint density at radius 3 is 2.63 bits per heavy atom. The summed E-state index contributed by atoms with van der Waals surface area (Å²) in [5.41, 5.74) is 2.26. The van der Waals surface area contributed by atoms with Crippen molar-refractivity contribution in [2.24, 2.45) is 5.16 Å². The van der Waals surface area contributed by atoms with Crippen LogP contribution in [0.25, 0.3) is 0 Å². The van der Waals surface area contributed by atoms with Crippen LogP contribution < -0.4 is 4.74 Å². The average molecular weight is 265 g/mol. The van der Waals surface area contributed by atoms with Crippen molar-refractivity contribution < 1.29 is 14.7 Å². The summed E-state index contributed by atoms with van der Waals surface area (Å²) in [7, 11) is 1.69.